The van der Waals surface area contributed by atoms with Gasteiger partial charge < -0.3 is 9.30 Å². The summed E-state index contributed by atoms with van der Waals surface area (Å²) < 4.78 is 7.14. The van der Waals surface area contributed by atoms with E-state index in [1.165, 1.54) is 12.8 Å². The normalized spacial score (nSPS) is 10.3. The molecule has 0 aliphatic carbocycles. The third-order valence-electron chi connectivity index (χ3n) is 2.51. The van der Waals surface area contributed by atoms with E-state index < -0.39 is 0 Å². The van der Waals surface area contributed by atoms with E-state index in [2.05, 4.69) is 6.92 Å². The average Bonchev–Trinajstić information content (AvgIpc) is 2.77. The highest BCUT2D eigenvalue weighted by Crippen LogP contribution is 2.03. The van der Waals surface area contributed by atoms with Crippen molar-refractivity contribution in [3.05, 3.63) is 24.5 Å². The van der Waals surface area contributed by atoms with Gasteiger partial charge in [0.25, 0.3) is 0 Å². The Morgan fingerprint density at radius 2 is 1.94 bits per heavy atom. The van der Waals surface area contributed by atoms with Gasteiger partial charge in [0, 0.05) is 18.8 Å². The van der Waals surface area contributed by atoms with Crippen LogP contribution in [-0.4, -0.2) is 17.1 Å². The molecule has 0 bridgehead atoms. The molecule has 1 rings (SSSR count). The average molecular weight is 223 g/mol. The Labute approximate surface area is 97.4 Å². The minimum atomic E-state index is -0.0664. The highest BCUT2D eigenvalue weighted by Gasteiger charge is 2.01. The second-order valence-corrected chi connectivity index (χ2v) is 3.95. The summed E-state index contributed by atoms with van der Waals surface area (Å²) in [6.07, 6.45) is 8.98. The SMILES string of the molecule is CCCCCCC(=O)OCCn1cccc1. The van der Waals surface area contributed by atoms with Gasteiger partial charge >= 0.3 is 5.97 Å². The van der Waals surface area contributed by atoms with Crippen LogP contribution in [0.15, 0.2) is 24.5 Å². The molecule has 90 valence electrons. The van der Waals surface area contributed by atoms with Crippen molar-refractivity contribution in [2.75, 3.05) is 6.61 Å². The quantitative estimate of drug-likeness (QED) is 0.501. The van der Waals surface area contributed by atoms with Crippen LogP contribution in [0.3, 0.4) is 0 Å². The van der Waals surface area contributed by atoms with E-state index in [0.717, 1.165) is 19.4 Å². The topological polar surface area (TPSA) is 31.2 Å². The van der Waals surface area contributed by atoms with Gasteiger partial charge in [-0.2, -0.15) is 0 Å². The molecule has 0 aliphatic heterocycles. The van der Waals surface area contributed by atoms with Crippen molar-refractivity contribution in [3.8, 4) is 0 Å². The van der Waals surface area contributed by atoms with Crippen molar-refractivity contribution in [1.82, 2.24) is 4.57 Å². The lowest BCUT2D eigenvalue weighted by Gasteiger charge is -2.05. The maximum absolute atomic E-state index is 11.3. The minimum Gasteiger partial charge on any atom is -0.464 e. The van der Waals surface area contributed by atoms with Gasteiger partial charge in [-0.1, -0.05) is 26.2 Å². The predicted octanol–water partition coefficient (Wildman–Crippen LogP) is 3.00. The third-order valence-corrected chi connectivity index (χ3v) is 2.51. The Hall–Kier alpha value is -1.25. The molecule has 0 N–H and O–H groups in total. The standard InChI is InChI=1S/C13H21NO2/c1-2-3-4-5-8-13(15)16-12-11-14-9-6-7-10-14/h6-7,9-10H,2-5,8,11-12H2,1H3. The lowest BCUT2D eigenvalue weighted by molar-refractivity contribution is -0.144. The molecule has 16 heavy (non-hydrogen) atoms. The Bertz CT molecular complexity index is 280. The monoisotopic (exact) mass is 223 g/mol. The van der Waals surface area contributed by atoms with Crippen LogP contribution in [0.2, 0.25) is 0 Å². The maximum atomic E-state index is 11.3. The zero-order valence-electron chi connectivity index (χ0n) is 10.0. The summed E-state index contributed by atoms with van der Waals surface area (Å²) in [4.78, 5) is 11.3. The van der Waals surface area contributed by atoms with Crippen molar-refractivity contribution in [1.29, 1.82) is 0 Å². The number of esters is 1. The number of hydrogen-bond donors (Lipinski definition) is 0. The van der Waals surface area contributed by atoms with Crippen molar-refractivity contribution in [3.63, 3.8) is 0 Å². The van der Waals surface area contributed by atoms with Gasteiger partial charge in [-0.25, -0.2) is 0 Å². The molecule has 0 saturated carbocycles. The summed E-state index contributed by atoms with van der Waals surface area (Å²) in [7, 11) is 0. The van der Waals surface area contributed by atoms with Crippen molar-refractivity contribution in [2.45, 2.75) is 45.6 Å². The third kappa shape index (κ3) is 5.59. The highest BCUT2D eigenvalue weighted by molar-refractivity contribution is 5.69. The van der Waals surface area contributed by atoms with Crippen LogP contribution >= 0.6 is 0 Å². The molecule has 0 unspecified atom stereocenters. The van der Waals surface area contributed by atoms with Gasteiger partial charge in [0.2, 0.25) is 0 Å². The van der Waals surface area contributed by atoms with Crippen LogP contribution in [0, 0.1) is 0 Å². The molecule has 0 atom stereocenters. The van der Waals surface area contributed by atoms with Gasteiger partial charge in [0.15, 0.2) is 0 Å². The van der Waals surface area contributed by atoms with Crippen LogP contribution in [0.5, 0.6) is 0 Å². The fourth-order valence-electron chi connectivity index (χ4n) is 1.55. The van der Waals surface area contributed by atoms with Gasteiger partial charge in [-0.05, 0) is 18.6 Å². The molecule has 1 aromatic heterocycles. The first-order valence-corrected chi connectivity index (χ1v) is 6.09. The fraction of sp³-hybridized carbons (Fsp3) is 0.615. The second kappa shape index (κ2) is 7.97. The molecule has 3 heteroatoms. The number of nitrogens with zero attached hydrogens (tertiary/aromatic N) is 1. The first kappa shape index (κ1) is 12.8. The lowest BCUT2D eigenvalue weighted by atomic mass is 10.2. The van der Waals surface area contributed by atoms with Crippen molar-refractivity contribution >= 4 is 5.97 Å². The Morgan fingerprint density at radius 3 is 2.62 bits per heavy atom. The molecule has 0 spiro atoms. The molecule has 3 nitrogen and oxygen atoms in total. The van der Waals surface area contributed by atoms with E-state index in [9.17, 15) is 4.79 Å². The van der Waals surface area contributed by atoms with Gasteiger partial charge in [-0.15, -0.1) is 0 Å². The van der Waals surface area contributed by atoms with Crippen LogP contribution in [0.1, 0.15) is 39.0 Å². The first-order valence-electron chi connectivity index (χ1n) is 6.09. The van der Waals surface area contributed by atoms with Crippen LogP contribution in [0.25, 0.3) is 0 Å². The summed E-state index contributed by atoms with van der Waals surface area (Å²) in [5, 5.41) is 0. The van der Waals surface area contributed by atoms with Crippen LogP contribution in [0.4, 0.5) is 0 Å². The smallest absolute Gasteiger partial charge is 0.305 e. The molecular weight excluding hydrogens is 202 g/mol. The molecule has 1 heterocycles. The van der Waals surface area contributed by atoms with Gasteiger partial charge in [0.05, 0.1) is 6.54 Å². The summed E-state index contributed by atoms with van der Waals surface area (Å²) in [6, 6.07) is 3.93. The maximum Gasteiger partial charge on any atom is 0.305 e. The molecule has 0 fully saturated rings. The number of unbranched alkanes of at least 4 members (excludes halogenated alkanes) is 3. The van der Waals surface area contributed by atoms with Crippen LogP contribution < -0.4 is 0 Å². The zero-order chi connectivity index (χ0) is 11.6. The number of carbonyl (C=O) groups excluding carboxylic acids is 1. The van der Waals surface area contributed by atoms with E-state index >= 15 is 0 Å². The Balaban J connectivity index is 1.98. The van der Waals surface area contributed by atoms with E-state index in [1.807, 2.05) is 29.1 Å². The first-order chi connectivity index (χ1) is 7.83. The molecular formula is C13H21NO2. The van der Waals surface area contributed by atoms with E-state index in [-0.39, 0.29) is 5.97 Å². The number of rotatable bonds is 8. The molecule has 0 amide bonds. The number of hydrogen-bond acceptors (Lipinski definition) is 2. The zero-order valence-corrected chi connectivity index (χ0v) is 10.0. The van der Waals surface area contributed by atoms with E-state index in [1.54, 1.807) is 0 Å². The molecule has 0 aliphatic rings. The highest BCUT2D eigenvalue weighted by atomic mass is 16.5. The minimum absolute atomic E-state index is 0.0664. The van der Waals surface area contributed by atoms with Gasteiger partial charge in [0.1, 0.15) is 6.61 Å². The fourth-order valence-corrected chi connectivity index (χ4v) is 1.55. The summed E-state index contributed by atoms with van der Waals surface area (Å²) in [6.45, 7) is 3.38. The summed E-state index contributed by atoms with van der Waals surface area (Å²) in [5.41, 5.74) is 0. The molecule has 0 aromatic carbocycles. The van der Waals surface area contributed by atoms with Gasteiger partial charge in [-0.3, -0.25) is 4.79 Å². The molecule has 0 radical (unpaired) electrons. The second-order valence-electron chi connectivity index (χ2n) is 3.95. The Morgan fingerprint density at radius 1 is 1.19 bits per heavy atom. The number of carbonyl (C=O) groups is 1. The van der Waals surface area contributed by atoms with E-state index in [4.69, 9.17) is 4.74 Å². The van der Waals surface area contributed by atoms with Crippen LogP contribution in [-0.2, 0) is 16.1 Å². The molecule has 0 saturated heterocycles. The summed E-state index contributed by atoms with van der Waals surface area (Å²) >= 11 is 0. The predicted molar refractivity (Wildman–Crippen MR) is 64.2 cm³/mol. The summed E-state index contributed by atoms with van der Waals surface area (Å²) in [5.74, 6) is -0.0664. The largest absolute Gasteiger partial charge is 0.464 e. The van der Waals surface area contributed by atoms with Crippen molar-refractivity contribution < 1.29 is 9.53 Å². The van der Waals surface area contributed by atoms with E-state index in [0.29, 0.717) is 13.0 Å². The lowest BCUT2D eigenvalue weighted by Crippen LogP contribution is -2.10. The Kier molecular flexibility index (Phi) is 6.38. The molecule has 1 aromatic rings. The van der Waals surface area contributed by atoms with Crippen molar-refractivity contribution in [2.24, 2.45) is 0 Å². The number of ether oxygens (including phenoxy) is 1. The number of aromatic nitrogens is 1.